The van der Waals surface area contributed by atoms with Gasteiger partial charge in [-0.2, -0.15) is 0 Å². The third-order valence-corrected chi connectivity index (χ3v) is 4.24. The normalized spacial score (nSPS) is 10.2. The maximum Gasteiger partial charge on any atom is 0.338 e. The minimum Gasteiger partial charge on any atom is -0.462 e. The molecule has 0 spiro atoms. The molecule has 3 aromatic rings. The van der Waals surface area contributed by atoms with Crippen LogP contribution in [0.15, 0.2) is 72.9 Å². The van der Waals surface area contributed by atoms with Gasteiger partial charge in [0.15, 0.2) is 0 Å². The lowest BCUT2D eigenvalue weighted by Crippen LogP contribution is -2.13. The van der Waals surface area contributed by atoms with E-state index >= 15 is 0 Å². The fraction of sp³-hybridized carbons (Fsp3) is 0.174. The van der Waals surface area contributed by atoms with E-state index in [0.29, 0.717) is 29.2 Å². The number of ether oxygens (including phenoxy) is 1. The van der Waals surface area contributed by atoms with E-state index in [1.165, 1.54) is 5.56 Å². The van der Waals surface area contributed by atoms with Gasteiger partial charge in [-0.1, -0.05) is 30.3 Å². The van der Waals surface area contributed by atoms with E-state index < -0.39 is 0 Å². The lowest BCUT2D eigenvalue weighted by Gasteiger charge is -2.09. The Bertz CT molecular complexity index is 957. The molecule has 0 radical (unpaired) electrons. The zero-order valence-electron chi connectivity index (χ0n) is 16.2. The van der Waals surface area contributed by atoms with Crippen LogP contribution in [0.25, 0.3) is 0 Å². The minimum absolute atomic E-state index is 0.248. The molecule has 0 bridgehead atoms. The molecule has 1 heterocycles. The van der Waals surface area contributed by atoms with Crippen LogP contribution in [-0.2, 0) is 11.2 Å². The smallest absolute Gasteiger partial charge is 0.338 e. The van der Waals surface area contributed by atoms with Crippen molar-refractivity contribution >= 4 is 23.4 Å². The molecule has 1 aromatic heterocycles. The number of hydrogen-bond acceptors (Lipinski definition) is 5. The summed E-state index contributed by atoms with van der Waals surface area (Å²) < 4.78 is 4.95. The first-order valence-corrected chi connectivity index (χ1v) is 9.48. The third kappa shape index (κ3) is 5.90. The van der Waals surface area contributed by atoms with Crippen LogP contribution in [0.2, 0.25) is 0 Å². The third-order valence-electron chi connectivity index (χ3n) is 4.24. The van der Waals surface area contributed by atoms with Crippen LogP contribution in [0, 0.1) is 0 Å². The first-order chi connectivity index (χ1) is 14.2. The Kier molecular flexibility index (Phi) is 6.95. The minimum atomic E-state index is -0.384. The fourth-order valence-electron chi connectivity index (χ4n) is 2.76. The van der Waals surface area contributed by atoms with Crippen LogP contribution >= 0.6 is 0 Å². The second-order valence-electron chi connectivity index (χ2n) is 6.34. The number of anilines is 2. The number of hydrogen-bond donors (Lipinski definition) is 2. The van der Waals surface area contributed by atoms with Gasteiger partial charge in [-0.3, -0.25) is 4.79 Å². The van der Waals surface area contributed by atoms with Crippen molar-refractivity contribution in [2.45, 2.75) is 13.3 Å². The number of amides is 1. The largest absolute Gasteiger partial charge is 0.462 e. The highest BCUT2D eigenvalue weighted by Crippen LogP contribution is 2.14. The average Bonchev–Trinajstić information content (AvgIpc) is 2.75. The van der Waals surface area contributed by atoms with E-state index in [2.05, 4.69) is 27.8 Å². The van der Waals surface area contributed by atoms with Gasteiger partial charge in [-0.25, -0.2) is 9.78 Å². The van der Waals surface area contributed by atoms with Gasteiger partial charge in [0.05, 0.1) is 12.2 Å². The van der Waals surface area contributed by atoms with E-state index in [-0.39, 0.29) is 11.9 Å². The van der Waals surface area contributed by atoms with Gasteiger partial charge in [-0.05, 0) is 55.3 Å². The van der Waals surface area contributed by atoms with Crippen LogP contribution < -0.4 is 10.6 Å². The summed E-state index contributed by atoms with van der Waals surface area (Å²) in [4.78, 5) is 28.5. The number of benzene rings is 2. The van der Waals surface area contributed by atoms with Gasteiger partial charge in [0.1, 0.15) is 5.82 Å². The van der Waals surface area contributed by atoms with Crippen LogP contribution in [0.3, 0.4) is 0 Å². The van der Waals surface area contributed by atoms with E-state index in [1.807, 2.05) is 18.2 Å². The van der Waals surface area contributed by atoms with Gasteiger partial charge in [0.2, 0.25) is 0 Å². The number of pyridine rings is 1. The Hall–Kier alpha value is -3.67. The van der Waals surface area contributed by atoms with E-state index in [9.17, 15) is 9.59 Å². The van der Waals surface area contributed by atoms with Crippen molar-refractivity contribution in [3.8, 4) is 0 Å². The van der Waals surface area contributed by atoms with Crippen LogP contribution in [0.4, 0.5) is 11.5 Å². The Morgan fingerprint density at radius 2 is 1.72 bits per heavy atom. The summed E-state index contributed by atoms with van der Waals surface area (Å²) >= 11 is 0. The lowest BCUT2D eigenvalue weighted by atomic mass is 10.1. The molecule has 0 aliphatic heterocycles. The Balaban J connectivity index is 1.56. The van der Waals surface area contributed by atoms with Crippen LogP contribution in [0.5, 0.6) is 0 Å². The number of aromatic nitrogens is 1. The van der Waals surface area contributed by atoms with Gasteiger partial charge in [0.25, 0.3) is 5.91 Å². The average molecular weight is 389 g/mol. The molecule has 0 fully saturated rings. The van der Waals surface area contributed by atoms with E-state index in [1.54, 1.807) is 49.5 Å². The lowest BCUT2D eigenvalue weighted by molar-refractivity contribution is 0.0526. The Labute approximate surface area is 169 Å². The Morgan fingerprint density at radius 3 is 2.45 bits per heavy atom. The second-order valence-corrected chi connectivity index (χ2v) is 6.34. The highest BCUT2D eigenvalue weighted by atomic mass is 16.5. The van der Waals surface area contributed by atoms with E-state index in [4.69, 9.17) is 4.74 Å². The molecule has 0 aliphatic carbocycles. The zero-order chi connectivity index (χ0) is 20.5. The van der Waals surface area contributed by atoms with Crippen molar-refractivity contribution in [2.75, 3.05) is 23.8 Å². The predicted octanol–water partition coefficient (Wildman–Crippen LogP) is 4.17. The first-order valence-electron chi connectivity index (χ1n) is 9.48. The fourth-order valence-corrected chi connectivity index (χ4v) is 2.76. The maximum absolute atomic E-state index is 12.5. The van der Waals surface area contributed by atoms with Crippen molar-refractivity contribution in [1.29, 1.82) is 0 Å². The van der Waals surface area contributed by atoms with Crippen molar-refractivity contribution < 1.29 is 14.3 Å². The molecule has 2 aromatic carbocycles. The van der Waals surface area contributed by atoms with Gasteiger partial charge in [0, 0.05) is 24.0 Å². The molecule has 0 saturated carbocycles. The summed E-state index contributed by atoms with van der Waals surface area (Å²) in [6.07, 6.45) is 2.47. The summed E-state index contributed by atoms with van der Waals surface area (Å²) in [7, 11) is 0. The number of esters is 1. The molecular formula is C23H23N3O3. The second kappa shape index (κ2) is 10.0. The molecule has 1 amide bonds. The summed E-state index contributed by atoms with van der Waals surface area (Å²) in [5, 5.41) is 6.06. The number of carbonyl (C=O) groups is 2. The molecule has 3 rings (SSSR count). The first kappa shape index (κ1) is 20.1. The number of carbonyl (C=O) groups excluding carboxylic acids is 2. The molecule has 6 heteroatoms. The molecule has 29 heavy (non-hydrogen) atoms. The molecule has 148 valence electrons. The molecule has 0 saturated heterocycles. The summed E-state index contributed by atoms with van der Waals surface area (Å²) in [6.45, 7) is 2.80. The Morgan fingerprint density at radius 1 is 0.966 bits per heavy atom. The highest BCUT2D eigenvalue weighted by molar-refractivity contribution is 6.04. The summed E-state index contributed by atoms with van der Waals surface area (Å²) in [6, 6.07) is 20.1. The topological polar surface area (TPSA) is 80.3 Å². The molecule has 2 N–H and O–H groups in total. The summed E-state index contributed by atoms with van der Waals surface area (Å²) in [5.74, 6) is 0.0133. The number of rotatable bonds is 8. The van der Waals surface area contributed by atoms with Crippen molar-refractivity contribution in [1.82, 2.24) is 4.98 Å². The van der Waals surface area contributed by atoms with Gasteiger partial charge in [-0.15, -0.1) is 0 Å². The van der Waals surface area contributed by atoms with Crippen molar-refractivity contribution in [3.05, 3.63) is 89.6 Å². The maximum atomic E-state index is 12.5. The number of nitrogens with zero attached hydrogens (tertiary/aromatic N) is 1. The summed E-state index contributed by atoms with van der Waals surface area (Å²) in [5.41, 5.74) is 2.77. The SMILES string of the molecule is CCOC(=O)c1ccc(NC(=O)c2ccnc(NCCc3ccccc3)c2)cc1. The monoisotopic (exact) mass is 389 g/mol. The standard InChI is InChI=1S/C23H23N3O3/c1-2-29-23(28)18-8-10-20(11-9-18)26-22(27)19-13-15-25-21(16-19)24-14-12-17-6-4-3-5-7-17/h3-11,13,15-16H,2,12,14H2,1H3,(H,24,25)(H,26,27). The number of nitrogens with one attached hydrogen (secondary N) is 2. The predicted molar refractivity (Wildman–Crippen MR) is 113 cm³/mol. The van der Waals surface area contributed by atoms with Crippen molar-refractivity contribution in [3.63, 3.8) is 0 Å². The van der Waals surface area contributed by atoms with Crippen LogP contribution in [0.1, 0.15) is 33.2 Å². The molecule has 6 nitrogen and oxygen atoms in total. The molecule has 0 aliphatic rings. The zero-order valence-corrected chi connectivity index (χ0v) is 16.2. The van der Waals surface area contributed by atoms with Gasteiger partial charge >= 0.3 is 5.97 Å². The quantitative estimate of drug-likeness (QED) is 0.565. The van der Waals surface area contributed by atoms with Gasteiger partial charge < -0.3 is 15.4 Å². The molecule has 0 atom stereocenters. The molecule has 0 unspecified atom stereocenters. The van der Waals surface area contributed by atoms with E-state index in [0.717, 1.165) is 13.0 Å². The van der Waals surface area contributed by atoms with Crippen LogP contribution in [-0.4, -0.2) is 30.0 Å². The highest BCUT2D eigenvalue weighted by Gasteiger charge is 2.09. The molecular weight excluding hydrogens is 366 g/mol. The van der Waals surface area contributed by atoms with Crippen molar-refractivity contribution in [2.24, 2.45) is 0 Å².